The molecule has 2 fully saturated rings. The van der Waals surface area contributed by atoms with Crippen LogP contribution >= 0.6 is 46.4 Å². The lowest BCUT2D eigenvalue weighted by Crippen LogP contribution is -2.17. The number of nitrogens with one attached hydrogen (secondary N) is 4. The molecule has 0 saturated heterocycles. The van der Waals surface area contributed by atoms with Crippen LogP contribution in [0.1, 0.15) is 41.0 Å². The van der Waals surface area contributed by atoms with Crippen molar-refractivity contribution in [2.45, 2.75) is 32.6 Å². The Morgan fingerprint density at radius 3 is 1.22 bits per heavy atom. The third-order valence-corrected chi connectivity index (χ3v) is 8.28. The van der Waals surface area contributed by atoms with Gasteiger partial charge < -0.3 is 21.3 Å². The Morgan fingerprint density at radius 1 is 0.592 bits per heavy atom. The molecule has 0 spiro atoms. The van der Waals surface area contributed by atoms with Crippen molar-refractivity contribution in [3.8, 4) is 0 Å². The molecule has 0 aliphatic heterocycles. The average Bonchev–Trinajstić information content (AvgIpc) is 3.95. The largest absolute Gasteiger partial charge is 0.322 e. The van der Waals surface area contributed by atoms with Crippen LogP contribution in [0.5, 0.6) is 0 Å². The number of benzene rings is 2. The molecule has 2 aromatic heterocycles. The van der Waals surface area contributed by atoms with Crippen LogP contribution in [0.2, 0.25) is 20.1 Å². The number of rotatable bonds is 8. The van der Waals surface area contributed by atoms with Gasteiger partial charge in [0.05, 0.1) is 43.1 Å². The number of halogens is 6. The predicted molar refractivity (Wildman–Crippen MR) is 187 cm³/mol. The first kappa shape index (κ1) is 37.5. The van der Waals surface area contributed by atoms with E-state index in [2.05, 4.69) is 31.2 Å². The lowest BCUT2D eigenvalue weighted by molar-refractivity contribution is -0.118. The van der Waals surface area contributed by atoms with E-state index in [1.54, 1.807) is 48.5 Å². The van der Waals surface area contributed by atoms with E-state index < -0.39 is 47.8 Å². The van der Waals surface area contributed by atoms with Crippen LogP contribution in [0.4, 0.5) is 31.8 Å². The van der Waals surface area contributed by atoms with Gasteiger partial charge in [-0.2, -0.15) is 0 Å². The number of carbonyl (C=O) groups excluding carboxylic acids is 4. The molecular weight excluding hydrogens is 724 g/mol. The maximum atomic E-state index is 12.9. The highest BCUT2D eigenvalue weighted by Gasteiger charge is 2.44. The van der Waals surface area contributed by atoms with Crippen LogP contribution < -0.4 is 21.3 Å². The second kappa shape index (κ2) is 16.4. The molecule has 2 aromatic carbocycles. The Labute approximate surface area is 299 Å². The topological polar surface area (TPSA) is 142 Å². The van der Waals surface area contributed by atoms with Crippen LogP contribution in [0.3, 0.4) is 0 Å². The number of anilines is 4. The fourth-order valence-corrected chi connectivity index (χ4v) is 5.42. The third kappa shape index (κ3) is 9.85. The first-order valence-corrected chi connectivity index (χ1v) is 15.7. The van der Waals surface area contributed by atoms with Crippen molar-refractivity contribution in [3.05, 3.63) is 104 Å². The summed E-state index contributed by atoms with van der Waals surface area (Å²) in [6.07, 6.45) is 1.12. The van der Waals surface area contributed by atoms with E-state index in [0.29, 0.717) is 11.4 Å². The molecule has 4 amide bonds. The number of carbonyl (C=O) groups is 4. The quantitative estimate of drug-likeness (QED) is 0.142. The normalized spacial score (nSPS) is 18.4. The van der Waals surface area contributed by atoms with Gasteiger partial charge in [-0.25, -0.2) is 18.7 Å². The van der Waals surface area contributed by atoms with Gasteiger partial charge in [-0.15, -0.1) is 0 Å². The van der Waals surface area contributed by atoms with Crippen molar-refractivity contribution in [1.29, 1.82) is 0 Å². The molecule has 6 rings (SSSR count). The monoisotopic (exact) mass is 750 g/mol. The fourth-order valence-electron chi connectivity index (χ4n) is 4.28. The Kier molecular flexibility index (Phi) is 12.5. The molecule has 4 N–H and O–H groups in total. The lowest BCUT2D eigenvalue weighted by atomic mass is 10.2. The van der Waals surface area contributed by atoms with E-state index in [1.807, 2.05) is 0 Å². The fraction of sp³-hybridized carbons (Fsp3) is 0.212. The van der Waals surface area contributed by atoms with Gasteiger partial charge in [0.15, 0.2) is 0 Å². The number of hydrogen-bond acceptors (Lipinski definition) is 6. The summed E-state index contributed by atoms with van der Waals surface area (Å²) in [7, 11) is 0. The highest BCUT2D eigenvalue weighted by Crippen LogP contribution is 2.35. The third-order valence-electron chi connectivity index (χ3n) is 7.02. The standard InChI is InChI=1S/2C16H12Cl2FN3O2.CH4/c2*17-10-2-1-3-11(18)14(10)16(24)21-8-4-5-20-13(6-8)22-15(23)9-7-12(9)19;/h2*1-6,9,12H,7H2,(H2,20,21,22,23,24);1H4/t2*9-,12+;/m10./s1. The lowest BCUT2D eigenvalue weighted by Gasteiger charge is -2.10. The zero-order chi connectivity index (χ0) is 34.5. The smallest absolute Gasteiger partial charge is 0.258 e. The van der Waals surface area contributed by atoms with Crippen LogP contribution in [-0.4, -0.2) is 45.9 Å². The summed E-state index contributed by atoms with van der Waals surface area (Å²) in [6, 6.07) is 15.5. The van der Waals surface area contributed by atoms with E-state index in [-0.39, 0.29) is 63.1 Å². The van der Waals surface area contributed by atoms with Gasteiger partial charge in [0.25, 0.3) is 11.8 Å². The van der Waals surface area contributed by atoms with Gasteiger partial charge in [0.1, 0.15) is 24.0 Å². The van der Waals surface area contributed by atoms with Crippen molar-refractivity contribution < 1.29 is 28.0 Å². The maximum Gasteiger partial charge on any atom is 0.258 e. The first-order valence-electron chi connectivity index (χ1n) is 14.2. The molecule has 10 nitrogen and oxygen atoms in total. The van der Waals surface area contributed by atoms with E-state index in [4.69, 9.17) is 46.4 Å². The van der Waals surface area contributed by atoms with Crippen LogP contribution in [0.15, 0.2) is 73.1 Å². The SMILES string of the molecule is C.O=C(Nc1ccnc(NC(=O)[C@@H]2C[C@@H]2F)c1)c1c(Cl)cccc1Cl.O=C(Nc1ccnc(NC(=O)[C@H]2C[C@H]2F)c1)c1c(Cl)cccc1Cl. The summed E-state index contributed by atoms with van der Waals surface area (Å²) in [4.78, 5) is 56.0. The van der Waals surface area contributed by atoms with Crippen molar-refractivity contribution >= 4 is 93.0 Å². The van der Waals surface area contributed by atoms with E-state index in [9.17, 15) is 28.0 Å². The Balaban J connectivity index is 0.000000216. The molecule has 4 atom stereocenters. The molecule has 2 saturated carbocycles. The summed E-state index contributed by atoms with van der Waals surface area (Å²) in [5.74, 6) is -2.61. The van der Waals surface area contributed by atoms with Crippen molar-refractivity contribution in [2.75, 3.05) is 21.3 Å². The molecule has 0 radical (unpaired) electrons. The Bertz CT molecular complexity index is 1730. The van der Waals surface area contributed by atoms with E-state index in [1.165, 1.54) is 24.5 Å². The van der Waals surface area contributed by atoms with E-state index >= 15 is 0 Å². The molecule has 256 valence electrons. The molecule has 2 heterocycles. The van der Waals surface area contributed by atoms with Crippen molar-refractivity contribution in [1.82, 2.24) is 9.97 Å². The van der Waals surface area contributed by atoms with Crippen LogP contribution in [0.25, 0.3) is 0 Å². The number of nitrogens with zero attached hydrogens (tertiary/aromatic N) is 2. The Morgan fingerprint density at radius 2 is 0.918 bits per heavy atom. The molecular formula is C33H28Cl4F2N6O4. The molecule has 0 bridgehead atoms. The predicted octanol–water partition coefficient (Wildman–Crippen LogP) is 8.51. The van der Waals surface area contributed by atoms with Crippen LogP contribution in [0, 0.1) is 11.8 Å². The highest BCUT2D eigenvalue weighted by atomic mass is 35.5. The summed E-state index contributed by atoms with van der Waals surface area (Å²) in [5.41, 5.74) is 1.10. The Hall–Kier alpha value is -4.36. The zero-order valence-corrected chi connectivity index (χ0v) is 27.5. The first-order chi connectivity index (χ1) is 22.9. The summed E-state index contributed by atoms with van der Waals surface area (Å²) in [6.45, 7) is 0. The minimum Gasteiger partial charge on any atom is -0.322 e. The second-order valence-electron chi connectivity index (χ2n) is 10.7. The average molecular weight is 752 g/mol. The number of pyridine rings is 2. The summed E-state index contributed by atoms with van der Waals surface area (Å²) >= 11 is 24.0. The van der Waals surface area contributed by atoms with Gasteiger partial charge in [-0.3, -0.25) is 19.2 Å². The molecule has 2 aliphatic rings. The molecule has 49 heavy (non-hydrogen) atoms. The molecule has 0 unspecified atom stereocenters. The molecule has 16 heteroatoms. The van der Waals surface area contributed by atoms with Gasteiger partial charge >= 0.3 is 0 Å². The minimum absolute atomic E-state index is 0. The van der Waals surface area contributed by atoms with Gasteiger partial charge in [0, 0.05) is 35.9 Å². The minimum atomic E-state index is -1.09. The van der Waals surface area contributed by atoms with Gasteiger partial charge in [-0.1, -0.05) is 66.0 Å². The number of alkyl halides is 2. The second-order valence-corrected chi connectivity index (χ2v) is 12.3. The zero-order valence-electron chi connectivity index (χ0n) is 24.4. The summed E-state index contributed by atoms with van der Waals surface area (Å²) in [5, 5.41) is 11.2. The van der Waals surface area contributed by atoms with Crippen LogP contribution in [-0.2, 0) is 9.59 Å². The molecule has 4 aromatic rings. The van der Waals surface area contributed by atoms with Crippen molar-refractivity contribution in [3.63, 3.8) is 0 Å². The van der Waals surface area contributed by atoms with Gasteiger partial charge in [0.2, 0.25) is 11.8 Å². The number of aromatic nitrogens is 2. The van der Waals surface area contributed by atoms with Crippen molar-refractivity contribution in [2.24, 2.45) is 11.8 Å². The highest BCUT2D eigenvalue weighted by molar-refractivity contribution is 6.41. The molecule has 2 aliphatic carbocycles. The summed E-state index contributed by atoms with van der Waals surface area (Å²) < 4.78 is 25.8. The maximum absolute atomic E-state index is 12.9. The van der Waals surface area contributed by atoms with E-state index in [0.717, 1.165) is 0 Å². The number of hydrogen-bond donors (Lipinski definition) is 4. The number of amides is 4. The van der Waals surface area contributed by atoms with Gasteiger partial charge in [-0.05, 0) is 49.2 Å².